The number of nitrogens with zero attached hydrogens (tertiary/aromatic N) is 3. The van der Waals surface area contributed by atoms with Crippen LogP contribution in [0.2, 0.25) is 0 Å². The molecule has 7 heteroatoms. The van der Waals surface area contributed by atoms with Gasteiger partial charge in [0.25, 0.3) is 0 Å². The van der Waals surface area contributed by atoms with Gasteiger partial charge in [0, 0.05) is 22.3 Å². The summed E-state index contributed by atoms with van der Waals surface area (Å²) >= 11 is 3.30. The van der Waals surface area contributed by atoms with Gasteiger partial charge in [0.05, 0.1) is 0 Å². The van der Waals surface area contributed by atoms with E-state index in [1.54, 1.807) is 18.3 Å². The number of benzene rings is 2. The zero-order valence-corrected chi connectivity index (χ0v) is 15.0. The van der Waals surface area contributed by atoms with Gasteiger partial charge in [0.2, 0.25) is 0 Å². The third kappa shape index (κ3) is 3.17. The Morgan fingerprint density at radius 1 is 1.08 bits per heavy atom. The van der Waals surface area contributed by atoms with Gasteiger partial charge in [0.15, 0.2) is 23.2 Å². The molecule has 0 N–H and O–H groups in total. The normalized spacial score (nSPS) is 11.0. The molecule has 2 aromatic carbocycles. The van der Waals surface area contributed by atoms with E-state index < -0.39 is 17.4 Å². The molecule has 130 valence electrons. The summed E-state index contributed by atoms with van der Waals surface area (Å²) in [6, 6.07) is 13.9. The Morgan fingerprint density at radius 3 is 2.62 bits per heavy atom. The molecule has 0 aliphatic heterocycles. The van der Waals surface area contributed by atoms with Crippen LogP contribution in [-0.2, 0) is 6.61 Å². The second-order valence-corrected chi connectivity index (χ2v) is 6.54. The van der Waals surface area contributed by atoms with E-state index in [0.717, 1.165) is 10.0 Å². The van der Waals surface area contributed by atoms with E-state index in [4.69, 9.17) is 4.74 Å². The van der Waals surface area contributed by atoms with Gasteiger partial charge in [0.1, 0.15) is 12.1 Å². The summed E-state index contributed by atoms with van der Waals surface area (Å²) in [5, 5.41) is 4.52. The monoisotopic (exact) mass is 415 g/mol. The molecule has 0 unspecified atom stereocenters. The van der Waals surface area contributed by atoms with Crippen LogP contribution in [0.1, 0.15) is 5.56 Å². The lowest BCUT2D eigenvalue weighted by molar-refractivity contribution is 0.275. The molecule has 2 heterocycles. The number of fused-ring (bicyclic) bond motifs is 1. The van der Waals surface area contributed by atoms with Crippen molar-refractivity contribution in [3.05, 3.63) is 82.6 Å². The van der Waals surface area contributed by atoms with Crippen LogP contribution >= 0.6 is 15.9 Å². The summed E-state index contributed by atoms with van der Waals surface area (Å²) in [7, 11) is 0. The molecule has 2 aromatic heterocycles. The first-order valence-electron chi connectivity index (χ1n) is 7.78. The molecule has 0 bridgehead atoms. The van der Waals surface area contributed by atoms with E-state index in [-0.39, 0.29) is 12.1 Å². The first-order valence-corrected chi connectivity index (χ1v) is 8.57. The van der Waals surface area contributed by atoms with Gasteiger partial charge < -0.3 is 4.74 Å². The molecule has 4 nitrogen and oxygen atoms in total. The predicted molar refractivity (Wildman–Crippen MR) is 97.3 cm³/mol. The zero-order chi connectivity index (χ0) is 18.1. The van der Waals surface area contributed by atoms with E-state index in [2.05, 4.69) is 26.0 Å². The Morgan fingerprint density at radius 2 is 1.88 bits per heavy atom. The highest BCUT2D eigenvalue weighted by Gasteiger charge is 2.19. The Labute approximate surface area is 156 Å². The van der Waals surface area contributed by atoms with E-state index in [9.17, 15) is 8.78 Å². The van der Waals surface area contributed by atoms with Crippen molar-refractivity contribution in [1.82, 2.24) is 14.8 Å². The fourth-order valence-electron chi connectivity index (χ4n) is 2.56. The average molecular weight is 416 g/mol. The van der Waals surface area contributed by atoms with Gasteiger partial charge >= 0.3 is 0 Å². The minimum atomic E-state index is -0.827. The standard InChI is InChI=1S/C19H12BrF2N3O/c20-14-6-7-16(23-9-14)25-10-13-8-15(21)19(17(22)18(13)24-25)26-11-12-4-2-1-3-5-12/h1-10H,11H2. The van der Waals surface area contributed by atoms with Crippen LogP contribution in [0.3, 0.4) is 0 Å². The summed E-state index contributed by atoms with van der Waals surface area (Å²) in [5.41, 5.74) is 0.843. The van der Waals surface area contributed by atoms with E-state index in [1.165, 1.54) is 16.9 Å². The lowest BCUT2D eigenvalue weighted by Crippen LogP contribution is -2.01. The number of hydrogen-bond acceptors (Lipinski definition) is 3. The van der Waals surface area contributed by atoms with Crippen LogP contribution in [0, 0.1) is 11.6 Å². The van der Waals surface area contributed by atoms with Gasteiger partial charge in [-0.3, -0.25) is 0 Å². The van der Waals surface area contributed by atoms with Crippen LogP contribution < -0.4 is 4.74 Å². The molecule has 0 spiro atoms. The van der Waals surface area contributed by atoms with Crippen molar-refractivity contribution in [2.75, 3.05) is 0 Å². The average Bonchev–Trinajstić information content (AvgIpc) is 3.07. The third-order valence-corrected chi connectivity index (χ3v) is 4.29. The van der Waals surface area contributed by atoms with Gasteiger partial charge in [-0.25, -0.2) is 18.4 Å². The van der Waals surface area contributed by atoms with Gasteiger partial charge in [-0.2, -0.15) is 5.10 Å². The fraction of sp³-hybridized carbons (Fsp3) is 0.0526. The molecule has 4 rings (SSSR count). The number of hydrogen-bond donors (Lipinski definition) is 0. The summed E-state index contributed by atoms with van der Waals surface area (Å²) in [6.07, 6.45) is 3.13. The Hall–Kier alpha value is -2.80. The predicted octanol–water partition coefficient (Wildman–Crippen LogP) is 5.04. The molecule has 0 amide bonds. The van der Waals surface area contributed by atoms with Crippen LogP contribution in [0.15, 0.2) is 65.4 Å². The molecule has 4 aromatic rings. The lowest BCUT2D eigenvalue weighted by Gasteiger charge is -2.08. The lowest BCUT2D eigenvalue weighted by atomic mass is 10.2. The Balaban J connectivity index is 1.70. The van der Waals surface area contributed by atoms with Crippen molar-refractivity contribution in [2.24, 2.45) is 0 Å². The number of pyridine rings is 1. The molecule has 0 radical (unpaired) electrons. The van der Waals surface area contributed by atoms with Crippen LogP contribution in [-0.4, -0.2) is 14.8 Å². The second kappa shape index (κ2) is 6.84. The van der Waals surface area contributed by atoms with E-state index in [0.29, 0.717) is 11.2 Å². The van der Waals surface area contributed by atoms with E-state index in [1.807, 2.05) is 30.3 Å². The summed E-state index contributed by atoms with van der Waals surface area (Å²) in [5.74, 6) is -1.53. The van der Waals surface area contributed by atoms with Gasteiger partial charge in [-0.15, -0.1) is 0 Å². The van der Waals surface area contributed by atoms with Crippen molar-refractivity contribution in [1.29, 1.82) is 0 Å². The van der Waals surface area contributed by atoms with Crippen LogP contribution in [0.5, 0.6) is 5.75 Å². The Kier molecular flexibility index (Phi) is 4.38. The fourth-order valence-corrected chi connectivity index (χ4v) is 2.80. The highest BCUT2D eigenvalue weighted by atomic mass is 79.9. The molecule has 0 aliphatic carbocycles. The minimum Gasteiger partial charge on any atom is -0.483 e. The Bertz CT molecular complexity index is 1070. The molecular formula is C19H12BrF2N3O. The van der Waals surface area contributed by atoms with Crippen molar-refractivity contribution in [3.63, 3.8) is 0 Å². The molecule has 26 heavy (non-hydrogen) atoms. The van der Waals surface area contributed by atoms with Crippen molar-refractivity contribution >= 4 is 26.8 Å². The quantitative estimate of drug-likeness (QED) is 0.468. The second-order valence-electron chi connectivity index (χ2n) is 5.62. The summed E-state index contributed by atoms with van der Waals surface area (Å²) in [4.78, 5) is 4.20. The molecule has 0 saturated heterocycles. The van der Waals surface area contributed by atoms with E-state index >= 15 is 0 Å². The maximum Gasteiger partial charge on any atom is 0.196 e. The minimum absolute atomic E-state index is 0.0270. The molecule has 0 saturated carbocycles. The molecule has 0 fully saturated rings. The summed E-state index contributed by atoms with van der Waals surface area (Å²) in [6.45, 7) is 0.0646. The maximum absolute atomic E-state index is 14.8. The van der Waals surface area contributed by atoms with Gasteiger partial charge in [-0.1, -0.05) is 30.3 Å². The van der Waals surface area contributed by atoms with Crippen molar-refractivity contribution in [2.45, 2.75) is 6.61 Å². The number of halogens is 3. The highest BCUT2D eigenvalue weighted by molar-refractivity contribution is 9.10. The summed E-state index contributed by atoms with van der Waals surface area (Å²) < 4.78 is 36.7. The molecule has 0 aliphatic rings. The van der Waals surface area contributed by atoms with Crippen LogP contribution in [0.4, 0.5) is 8.78 Å². The largest absolute Gasteiger partial charge is 0.483 e. The maximum atomic E-state index is 14.8. The first kappa shape index (κ1) is 16.7. The van der Waals surface area contributed by atoms with Crippen molar-refractivity contribution in [3.8, 4) is 11.6 Å². The molecular weight excluding hydrogens is 404 g/mol. The number of rotatable bonds is 4. The smallest absolute Gasteiger partial charge is 0.196 e. The molecule has 0 atom stereocenters. The van der Waals surface area contributed by atoms with Crippen LogP contribution in [0.25, 0.3) is 16.7 Å². The first-order chi connectivity index (χ1) is 12.6. The zero-order valence-electron chi connectivity index (χ0n) is 13.4. The topological polar surface area (TPSA) is 39.9 Å². The highest BCUT2D eigenvalue weighted by Crippen LogP contribution is 2.30. The number of aromatic nitrogens is 3. The van der Waals surface area contributed by atoms with Gasteiger partial charge in [-0.05, 0) is 39.7 Å². The third-order valence-electron chi connectivity index (χ3n) is 3.82. The number of ether oxygens (including phenoxy) is 1. The van der Waals surface area contributed by atoms with Crippen molar-refractivity contribution < 1.29 is 13.5 Å². The SMILES string of the molecule is Fc1cc2cn(-c3ccc(Br)cn3)nc2c(F)c1OCc1ccccc1.